The summed E-state index contributed by atoms with van der Waals surface area (Å²) in [4.78, 5) is 26.2. The van der Waals surface area contributed by atoms with E-state index in [0.29, 0.717) is 24.3 Å². The minimum Gasteiger partial charge on any atom is -0.450 e. The summed E-state index contributed by atoms with van der Waals surface area (Å²) < 4.78 is 31.6. The third-order valence-corrected chi connectivity index (χ3v) is 6.45. The number of sulfonamides is 1. The van der Waals surface area contributed by atoms with Gasteiger partial charge in [0.25, 0.3) is 5.91 Å². The molecule has 0 unspecified atom stereocenters. The van der Waals surface area contributed by atoms with Crippen LogP contribution in [0.25, 0.3) is 0 Å². The van der Waals surface area contributed by atoms with E-state index in [-0.39, 0.29) is 30.5 Å². The van der Waals surface area contributed by atoms with E-state index < -0.39 is 16.1 Å². The van der Waals surface area contributed by atoms with Gasteiger partial charge in [0.2, 0.25) is 10.0 Å². The highest BCUT2D eigenvalue weighted by atomic mass is 32.2. The Balaban J connectivity index is 1.64. The third kappa shape index (κ3) is 4.93. The Kier molecular flexibility index (Phi) is 6.50. The van der Waals surface area contributed by atoms with E-state index in [1.165, 1.54) is 4.31 Å². The molecule has 1 N–H and O–H groups in total. The van der Waals surface area contributed by atoms with E-state index in [9.17, 15) is 18.0 Å². The smallest absolute Gasteiger partial charge is 0.411 e. The largest absolute Gasteiger partial charge is 0.450 e. The molecule has 0 radical (unpaired) electrons. The zero-order chi connectivity index (χ0) is 20.9. The SMILES string of the molecule is CCOC(=O)Nc1cccc(C(=O)N2CCN(S(=O)(=O)c3ccccc3)CC2)c1. The molecule has 29 heavy (non-hydrogen) atoms. The van der Waals surface area contributed by atoms with Gasteiger partial charge in [-0.3, -0.25) is 10.1 Å². The molecule has 8 nitrogen and oxygen atoms in total. The maximum absolute atomic E-state index is 12.8. The van der Waals surface area contributed by atoms with Gasteiger partial charge in [0.05, 0.1) is 11.5 Å². The molecule has 2 amide bonds. The lowest BCUT2D eigenvalue weighted by atomic mass is 10.1. The van der Waals surface area contributed by atoms with Crippen molar-refractivity contribution in [1.82, 2.24) is 9.21 Å². The number of hydrogen-bond donors (Lipinski definition) is 1. The number of anilines is 1. The van der Waals surface area contributed by atoms with Crippen LogP contribution in [0, 0.1) is 0 Å². The van der Waals surface area contributed by atoms with Crippen molar-refractivity contribution in [3.05, 3.63) is 60.2 Å². The van der Waals surface area contributed by atoms with E-state index in [4.69, 9.17) is 4.74 Å². The van der Waals surface area contributed by atoms with Gasteiger partial charge in [0.15, 0.2) is 0 Å². The minimum atomic E-state index is -3.57. The summed E-state index contributed by atoms with van der Waals surface area (Å²) in [6, 6.07) is 14.8. The number of rotatable bonds is 5. The zero-order valence-corrected chi connectivity index (χ0v) is 16.9. The summed E-state index contributed by atoms with van der Waals surface area (Å²) in [6.07, 6.45) is -0.586. The molecule has 1 saturated heterocycles. The monoisotopic (exact) mass is 417 g/mol. The summed E-state index contributed by atoms with van der Waals surface area (Å²) in [5, 5.41) is 2.57. The van der Waals surface area contributed by atoms with Crippen molar-refractivity contribution in [2.75, 3.05) is 38.1 Å². The number of nitrogens with zero attached hydrogens (tertiary/aromatic N) is 2. The molecule has 2 aromatic rings. The van der Waals surface area contributed by atoms with Crippen LogP contribution in [0.15, 0.2) is 59.5 Å². The van der Waals surface area contributed by atoms with Crippen LogP contribution in [-0.2, 0) is 14.8 Å². The highest BCUT2D eigenvalue weighted by Crippen LogP contribution is 2.19. The highest BCUT2D eigenvalue weighted by molar-refractivity contribution is 7.89. The lowest BCUT2D eigenvalue weighted by Crippen LogP contribution is -2.50. The molecule has 0 bridgehead atoms. The summed E-state index contributed by atoms with van der Waals surface area (Å²) >= 11 is 0. The second-order valence-electron chi connectivity index (χ2n) is 6.44. The maximum Gasteiger partial charge on any atom is 0.411 e. The first-order chi connectivity index (χ1) is 13.9. The Labute approximate surface area is 170 Å². The van der Waals surface area contributed by atoms with Gasteiger partial charge in [-0.2, -0.15) is 4.31 Å². The summed E-state index contributed by atoms with van der Waals surface area (Å²) in [5.74, 6) is -0.214. The first-order valence-corrected chi connectivity index (χ1v) is 10.7. The normalized spacial score (nSPS) is 15.0. The number of carbonyl (C=O) groups excluding carboxylic acids is 2. The number of benzene rings is 2. The van der Waals surface area contributed by atoms with Crippen molar-refractivity contribution in [3.63, 3.8) is 0 Å². The second-order valence-corrected chi connectivity index (χ2v) is 8.37. The van der Waals surface area contributed by atoms with E-state index in [1.807, 2.05) is 0 Å². The van der Waals surface area contributed by atoms with Crippen LogP contribution in [0.1, 0.15) is 17.3 Å². The van der Waals surface area contributed by atoms with Crippen LogP contribution in [0.5, 0.6) is 0 Å². The van der Waals surface area contributed by atoms with Gasteiger partial charge in [-0.1, -0.05) is 24.3 Å². The predicted molar refractivity (Wildman–Crippen MR) is 108 cm³/mol. The van der Waals surface area contributed by atoms with Crippen molar-refractivity contribution in [2.45, 2.75) is 11.8 Å². The lowest BCUT2D eigenvalue weighted by Gasteiger charge is -2.34. The molecule has 154 valence electrons. The molecule has 1 fully saturated rings. The lowest BCUT2D eigenvalue weighted by molar-refractivity contribution is 0.0698. The van der Waals surface area contributed by atoms with Crippen LogP contribution >= 0.6 is 0 Å². The van der Waals surface area contributed by atoms with Gasteiger partial charge in [0.1, 0.15) is 0 Å². The molecule has 0 saturated carbocycles. The number of nitrogens with one attached hydrogen (secondary N) is 1. The van der Waals surface area contributed by atoms with Crippen molar-refractivity contribution in [1.29, 1.82) is 0 Å². The quantitative estimate of drug-likeness (QED) is 0.806. The van der Waals surface area contributed by atoms with E-state index >= 15 is 0 Å². The molecule has 3 rings (SSSR count). The summed E-state index contributed by atoms with van der Waals surface area (Å²) in [7, 11) is -3.57. The topological polar surface area (TPSA) is 96.0 Å². The minimum absolute atomic E-state index is 0.214. The highest BCUT2D eigenvalue weighted by Gasteiger charge is 2.30. The molecular formula is C20H23N3O5S. The van der Waals surface area contributed by atoms with Crippen molar-refractivity contribution in [3.8, 4) is 0 Å². The van der Waals surface area contributed by atoms with Crippen LogP contribution in [0.3, 0.4) is 0 Å². The standard InChI is InChI=1S/C20H23N3O5S/c1-2-28-20(25)21-17-8-6-7-16(15-17)19(24)22-11-13-23(14-12-22)29(26,27)18-9-4-3-5-10-18/h3-10,15H,2,11-14H2,1H3,(H,21,25). The van der Waals surface area contributed by atoms with Gasteiger partial charge in [-0.25, -0.2) is 13.2 Å². The van der Waals surface area contributed by atoms with Crippen LogP contribution in [0.4, 0.5) is 10.5 Å². The fourth-order valence-corrected chi connectivity index (χ4v) is 4.51. The fraction of sp³-hybridized carbons (Fsp3) is 0.300. The number of piperazine rings is 1. The van der Waals surface area contributed by atoms with Gasteiger partial charge in [-0.05, 0) is 37.3 Å². The molecular weight excluding hydrogens is 394 g/mol. The maximum atomic E-state index is 12.8. The predicted octanol–water partition coefficient (Wildman–Crippen LogP) is 2.40. The molecule has 0 aromatic heterocycles. The molecule has 1 aliphatic rings. The van der Waals surface area contributed by atoms with E-state index in [2.05, 4.69) is 5.32 Å². The molecule has 9 heteroatoms. The average Bonchev–Trinajstić information content (AvgIpc) is 2.74. The summed E-state index contributed by atoms with van der Waals surface area (Å²) in [6.45, 7) is 2.99. The van der Waals surface area contributed by atoms with Crippen LogP contribution in [-0.4, -0.2) is 62.4 Å². The first-order valence-electron chi connectivity index (χ1n) is 9.30. The number of carbonyl (C=O) groups is 2. The van der Waals surface area contributed by atoms with Crippen molar-refractivity contribution in [2.24, 2.45) is 0 Å². The van der Waals surface area contributed by atoms with Gasteiger partial charge >= 0.3 is 6.09 Å². The third-order valence-electron chi connectivity index (χ3n) is 4.54. The zero-order valence-electron chi connectivity index (χ0n) is 16.1. The molecule has 0 aliphatic carbocycles. The van der Waals surface area contributed by atoms with Gasteiger partial charge in [0, 0.05) is 37.4 Å². The second kappa shape index (κ2) is 9.06. The molecule has 0 spiro atoms. The molecule has 0 atom stereocenters. The Morgan fingerprint density at radius 3 is 2.34 bits per heavy atom. The van der Waals surface area contributed by atoms with E-state index in [0.717, 1.165) is 0 Å². The Morgan fingerprint density at radius 2 is 1.69 bits per heavy atom. The van der Waals surface area contributed by atoms with Crippen molar-refractivity contribution < 1.29 is 22.7 Å². The Hall–Kier alpha value is -2.91. The molecule has 1 aliphatic heterocycles. The molecule has 1 heterocycles. The summed E-state index contributed by atoms with van der Waals surface area (Å²) in [5.41, 5.74) is 0.873. The van der Waals surface area contributed by atoms with Gasteiger partial charge < -0.3 is 9.64 Å². The van der Waals surface area contributed by atoms with Gasteiger partial charge in [-0.15, -0.1) is 0 Å². The number of hydrogen-bond acceptors (Lipinski definition) is 5. The average molecular weight is 417 g/mol. The van der Waals surface area contributed by atoms with Crippen LogP contribution in [0.2, 0.25) is 0 Å². The molecule has 2 aromatic carbocycles. The first kappa shape index (κ1) is 20.8. The Morgan fingerprint density at radius 1 is 1.00 bits per heavy atom. The van der Waals surface area contributed by atoms with Crippen molar-refractivity contribution >= 4 is 27.7 Å². The van der Waals surface area contributed by atoms with Crippen LogP contribution < -0.4 is 5.32 Å². The number of amides is 2. The Bertz CT molecular complexity index is 971. The number of ether oxygens (including phenoxy) is 1. The fourth-order valence-electron chi connectivity index (χ4n) is 3.07. The van der Waals surface area contributed by atoms with E-state index in [1.54, 1.807) is 66.4 Å².